The van der Waals surface area contributed by atoms with E-state index in [9.17, 15) is 0 Å². The van der Waals surface area contributed by atoms with Gasteiger partial charge in [0.1, 0.15) is 5.82 Å². The summed E-state index contributed by atoms with van der Waals surface area (Å²) in [5, 5.41) is 7.52. The summed E-state index contributed by atoms with van der Waals surface area (Å²) < 4.78 is 1.96. The van der Waals surface area contributed by atoms with Crippen LogP contribution in [0, 0.1) is 0 Å². The Balaban J connectivity index is 2.74. The molecule has 1 aromatic rings. The Hall–Kier alpha value is -1.16. The van der Waals surface area contributed by atoms with Crippen LogP contribution >= 0.6 is 0 Å². The van der Waals surface area contributed by atoms with Crippen LogP contribution in [0.5, 0.6) is 0 Å². The molecule has 0 radical (unpaired) electrons. The molecule has 0 saturated carbocycles. The molecule has 0 amide bonds. The van der Waals surface area contributed by atoms with Gasteiger partial charge >= 0.3 is 0 Å². The van der Waals surface area contributed by atoms with Crippen molar-refractivity contribution in [1.29, 1.82) is 0 Å². The van der Waals surface area contributed by atoms with Crippen LogP contribution in [0.25, 0.3) is 0 Å². The number of nitrogens with one attached hydrogen (secondary N) is 1. The standard InChI is InChI=1S/C11H20N4/c1-5-10-13-11(6-2)15(14-10)8-9(3)7-12-4/h12H,3,5-8H2,1-2,4H3. The van der Waals surface area contributed by atoms with Crippen LogP contribution in [0.15, 0.2) is 12.2 Å². The van der Waals surface area contributed by atoms with Crippen LogP contribution in [0.3, 0.4) is 0 Å². The highest BCUT2D eigenvalue weighted by Crippen LogP contribution is 2.03. The second-order valence-corrected chi connectivity index (χ2v) is 3.59. The molecule has 0 unspecified atom stereocenters. The Labute approximate surface area is 91.4 Å². The Kier molecular flexibility index (Phi) is 4.49. The first kappa shape index (κ1) is 11.9. The van der Waals surface area contributed by atoms with Crippen molar-refractivity contribution in [2.45, 2.75) is 33.2 Å². The van der Waals surface area contributed by atoms with Gasteiger partial charge in [0.25, 0.3) is 0 Å². The minimum atomic E-state index is 0.761. The molecule has 1 aromatic heterocycles. The van der Waals surface area contributed by atoms with Crippen molar-refractivity contribution in [2.24, 2.45) is 0 Å². The van der Waals surface area contributed by atoms with Crippen LogP contribution in [0.4, 0.5) is 0 Å². The maximum atomic E-state index is 4.45. The summed E-state index contributed by atoms with van der Waals surface area (Å²) in [5.41, 5.74) is 1.12. The molecule has 0 spiro atoms. The molecule has 15 heavy (non-hydrogen) atoms. The fourth-order valence-electron chi connectivity index (χ4n) is 1.48. The zero-order valence-corrected chi connectivity index (χ0v) is 9.88. The van der Waals surface area contributed by atoms with Gasteiger partial charge in [0.2, 0.25) is 0 Å². The van der Waals surface area contributed by atoms with E-state index in [0.29, 0.717) is 0 Å². The Morgan fingerprint density at radius 2 is 2.13 bits per heavy atom. The maximum Gasteiger partial charge on any atom is 0.150 e. The zero-order valence-electron chi connectivity index (χ0n) is 9.88. The molecular weight excluding hydrogens is 188 g/mol. The summed E-state index contributed by atoms with van der Waals surface area (Å²) in [6.07, 6.45) is 1.80. The number of aromatic nitrogens is 3. The van der Waals surface area contributed by atoms with Gasteiger partial charge in [-0.2, -0.15) is 5.10 Å². The van der Waals surface area contributed by atoms with Gasteiger partial charge in [0.05, 0.1) is 6.54 Å². The second kappa shape index (κ2) is 5.66. The number of likely N-dealkylation sites (N-methyl/N-ethyl adjacent to an activating group) is 1. The lowest BCUT2D eigenvalue weighted by Gasteiger charge is -2.06. The normalized spacial score (nSPS) is 10.6. The van der Waals surface area contributed by atoms with Gasteiger partial charge in [-0.25, -0.2) is 9.67 Å². The highest BCUT2D eigenvalue weighted by molar-refractivity contribution is 5.01. The van der Waals surface area contributed by atoms with Crippen LogP contribution < -0.4 is 5.32 Å². The van der Waals surface area contributed by atoms with Crippen LogP contribution in [0.1, 0.15) is 25.5 Å². The Morgan fingerprint density at radius 3 is 2.67 bits per heavy atom. The highest BCUT2D eigenvalue weighted by Gasteiger charge is 2.07. The van der Waals surface area contributed by atoms with E-state index in [1.54, 1.807) is 0 Å². The molecule has 0 aliphatic rings. The van der Waals surface area contributed by atoms with Gasteiger partial charge in [-0.1, -0.05) is 20.4 Å². The molecule has 1 rings (SSSR count). The fraction of sp³-hybridized carbons (Fsp3) is 0.636. The molecule has 0 aromatic carbocycles. The minimum Gasteiger partial charge on any atom is -0.316 e. The zero-order chi connectivity index (χ0) is 11.3. The van der Waals surface area contributed by atoms with E-state index in [4.69, 9.17) is 0 Å². The van der Waals surface area contributed by atoms with Crippen LogP contribution in [0.2, 0.25) is 0 Å². The van der Waals surface area contributed by atoms with Crippen molar-refractivity contribution in [1.82, 2.24) is 20.1 Å². The smallest absolute Gasteiger partial charge is 0.150 e. The first-order chi connectivity index (χ1) is 7.21. The Morgan fingerprint density at radius 1 is 1.40 bits per heavy atom. The molecule has 0 saturated heterocycles. The summed E-state index contributed by atoms with van der Waals surface area (Å²) in [7, 11) is 1.92. The maximum absolute atomic E-state index is 4.45. The predicted octanol–water partition coefficient (Wildman–Crippen LogP) is 1.18. The predicted molar refractivity (Wildman–Crippen MR) is 61.8 cm³/mol. The topological polar surface area (TPSA) is 42.7 Å². The lowest BCUT2D eigenvalue weighted by molar-refractivity contribution is 0.616. The third-order valence-electron chi connectivity index (χ3n) is 2.22. The molecule has 0 aliphatic carbocycles. The number of rotatable bonds is 6. The number of hydrogen-bond acceptors (Lipinski definition) is 3. The van der Waals surface area contributed by atoms with Gasteiger partial charge in [-0.3, -0.25) is 0 Å². The van der Waals surface area contributed by atoms with Crippen LogP contribution in [-0.2, 0) is 19.4 Å². The third-order valence-corrected chi connectivity index (χ3v) is 2.22. The first-order valence-corrected chi connectivity index (χ1v) is 5.45. The van der Waals surface area contributed by atoms with E-state index < -0.39 is 0 Å². The molecule has 4 nitrogen and oxygen atoms in total. The van der Waals surface area contributed by atoms with Gasteiger partial charge < -0.3 is 5.32 Å². The van der Waals surface area contributed by atoms with Gasteiger partial charge in [0, 0.05) is 19.4 Å². The molecule has 1 heterocycles. The average molecular weight is 208 g/mol. The molecule has 4 heteroatoms. The third kappa shape index (κ3) is 3.16. The van der Waals surface area contributed by atoms with Crippen molar-refractivity contribution in [2.75, 3.05) is 13.6 Å². The second-order valence-electron chi connectivity index (χ2n) is 3.59. The molecule has 0 aliphatic heterocycles. The summed E-state index contributed by atoms with van der Waals surface area (Å²) in [5.74, 6) is 1.97. The monoisotopic (exact) mass is 208 g/mol. The fourth-order valence-corrected chi connectivity index (χ4v) is 1.48. The highest BCUT2D eigenvalue weighted by atomic mass is 15.3. The molecular formula is C11H20N4. The molecule has 0 bridgehead atoms. The van der Waals surface area contributed by atoms with E-state index >= 15 is 0 Å². The summed E-state index contributed by atoms with van der Waals surface area (Å²) in [6.45, 7) is 9.75. The summed E-state index contributed by atoms with van der Waals surface area (Å²) >= 11 is 0. The lowest BCUT2D eigenvalue weighted by atomic mass is 10.3. The minimum absolute atomic E-state index is 0.761. The van der Waals surface area contributed by atoms with Crippen molar-refractivity contribution < 1.29 is 0 Å². The molecule has 84 valence electrons. The quantitative estimate of drug-likeness (QED) is 0.714. The van der Waals surface area contributed by atoms with Crippen molar-refractivity contribution in [3.05, 3.63) is 23.8 Å². The van der Waals surface area contributed by atoms with Gasteiger partial charge in [-0.05, 0) is 12.6 Å². The largest absolute Gasteiger partial charge is 0.316 e. The van der Waals surface area contributed by atoms with E-state index in [0.717, 1.165) is 43.2 Å². The molecule has 0 atom stereocenters. The van der Waals surface area contributed by atoms with Crippen molar-refractivity contribution >= 4 is 0 Å². The number of aryl methyl sites for hydroxylation is 2. The first-order valence-electron chi connectivity index (χ1n) is 5.45. The van der Waals surface area contributed by atoms with Gasteiger partial charge in [0.15, 0.2) is 5.82 Å². The SMILES string of the molecule is C=C(CNC)Cn1nc(CC)nc1CC. The molecule has 1 N–H and O–H groups in total. The van der Waals surface area contributed by atoms with E-state index in [1.165, 1.54) is 0 Å². The van der Waals surface area contributed by atoms with Crippen molar-refractivity contribution in [3.63, 3.8) is 0 Å². The average Bonchev–Trinajstić information content (AvgIpc) is 2.60. The van der Waals surface area contributed by atoms with Crippen molar-refractivity contribution in [3.8, 4) is 0 Å². The van der Waals surface area contributed by atoms with E-state index in [2.05, 4.69) is 35.8 Å². The number of hydrogen-bond donors (Lipinski definition) is 1. The Bertz CT molecular complexity index is 327. The summed E-state index contributed by atoms with van der Waals surface area (Å²) in [4.78, 5) is 4.45. The molecule has 0 fully saturated rings. The van der Waals surface area contributed by atoms with Gasteiger partial charge in [-0.15, -0.1) is 0 Å². The van der Waals surface area contributed by atoms with E-state index in [1.807, 2.05) is 11.7 Å². The summed E-state index contributed by atoms with van der Waals surface area (Å²) in [6, 6.07) is 0. The number of nitrogens with zero attached hydrogens (tertiary/aromatic N) is 3. The van der Waals surface area contributed by atoms with E-state index in [-0.39, 0.29) is 0 Å². The van der Waals surface area contributed by atoms with Crippen LogP contribution in [-0.4, -0.2) is 28.4 Å². The lowest BCUT2D eigenvalue weighted by Crippen LogP contribution is -2.15.